The summed E-state index contributed by atoms with van der Waals surface area (Å²) in [6.07, 6.45) is 5.17. The number of esters is 1. The van der Waals surface area contributed by atoms with Crippen molar-refractivity contribution < 1.29 is 9.53 Å². The molecule has 1 aliphatic heterocycles. The van der Waals surface area contributed by atoms with Crippen molar-refractivity contribution in [3.8, 4) is 0 Å². The Bertz CT molecular complexity index is 774. The van der Waals surface area contributed by atoms with Crippen LogP contribution in [0.1, 0.15) is 11.1 Å². The maximum atomic E-state index is 11.8. The molecule has 1 aliphatic rings. The van der Waals surface area contributed by atoms with Gasteiger partial charge in [0.15, 0.2) is 5.70 Å². The van der Waals surface area contributed by atoms with E-state index in [2.05, 4.69) is 4.99 Å². The van der Waals surface area contributed by atoms with Gasteiger partial charge in [-0.3, -0.25) is 0 Å². The minimum absolute atomic E-state index is 0.280. The molecule has 0 saturated heterocycles. The van der Waals surface area contributed by atoms with Crippen LogP contribution in [0.15, 0.2) is 71.4 Å². The number of halogens is 1. The number of nitrogens with zero attached hydrogens (tertiary/aromatic N) is 1. The van der Waals surface area contributed by atoms with Crippen molar-refractivity contribution in [1.82, 2.24) is 0 Å². The van der Waals surface area contributed by atoms with E-state index < -0.39 is 5.97 Å². The normalized spacial score (nSPS) is 16.1. The standard InChI is InChI=1S/C18H12ClNO2/c19-15-9-6-13(7-10-15)8-11-17-20-16(18(21)22-17)12-14-4-2-1-3-5-14/h1-12H/b11-8+,16-12+. The average molecular weight is 310 g/mol. The van der Waals surface area contributed by atoms with Crippen LogP contribution in [0.25, 0.3) is 12.2 Å². The molecule has 0 aromatic heterocycles. The number of hydrogen-bond donors (Lipinski definition) is 0. The zero-order chi connectivity index (χ0) is 15.4. The molecule has 2 aromatic rings. The molecule has 0 spiro atoms. The maximum Gasteiger partial charge on any atom is 0.363 e. The number of rotatable bonds is 3. The summed E-state index contributed by atoms with van der Waals surface area (Å²) in [4.78, 5) is 16.0. The van der Waals surface area contributed by atoms with E-state index in [1.54, 1.807) is 24.3 Å². The van der Waals surface area contributed by atoms with Gasteiger partial charge >= 0.3 is 5.97 Å². The Hall–Kier alpha value is -2.65. The maximum absolute atomic E-state index is 11.8. The van der Waals surface area contributed by atoms with Gasteiger partial charge < -0.3 is 4.74 Å². The van der Waals surface area contributed by atoms with Crippen molar-refractivity contribution in [3.05, 3.63) is 82.5 Å². The van der Waals surface area contributed by atoms with Gasteiger partial charge in [0.25, 0.3) is 0 Å². The number of carbonyl (C=O) groups is 1. The summed E-state index contributed by atoms with van der Waals surface area (Å²) in [6, 6.07) is 16.9. The summed E-state index contributed by atoms with van der Waals surface area (Å²) in [6.45, 7) is 0. The summed E-state index contributed by atoms with van der Waals surface area (Å²) in [7, 11) is 0. The van der Waals surface area contributed by atoms with Gasteiger partial charge in [-0.25, -0.2) is 9.79 Å². The van der Waals surface area contributed by atoms with Crippen molar-refractivity contribution in [2.75, 3.05) is 0 Å². The van der Waals surface area contributed by atoms with Crippen molar-refractivity contribution in [2.45, 2.75) is 0 Å². The molecule has 108 valence electrons. The molecule has 0 unspecified atom stereocenters. The summed E-state index contributed by atoms with van der Waals surface area (Å²) < 4.78 is 5.12. The topological polar surface area (TPSA) is 38.7 Å². The van der Waals surface area contributed by atoms with Gasteiger partial charge in [0.1, 0.15) is 0 Å². The van der Waals surface area contributed by atoms with Gasteiger partial charge in [0.05, 0.1) is 0 Å². The molecule has 0 fully saturated rings. The Kier molecular flexibility index (Phi) is 4.17. The molecule has 0 N–H and O–H groups in total. The Morgan fingerprint density at radius 1 is 0.909 bits per heavy atom. The second kappa shape index (κ2) is 6.41. The first-order chi connectivity index (χ1) is 10.7. The van der Waals surface area contributed by atoms with Gasteiger partial charge in [-0.1, -0.05) is 54.1 Å². The van der Waals surface area contributed by atoms with Crippen LogP contribution < -0.4 is 0 Å². The van der Waals surface area contributed by atoms with Crippen LogP contribution in [0.2, 0.25) is 5.02 Å². The molecule has 3 nitrogen and oxygen atoms in total. The van der Waals surface area contributed by atoms with Crippen molar-refractivity contribution in [3.63, 3.8) is 0 Å². The van der Waals surface area contributed by atoms with E-state index in [1.165, 1.54) is 0 Å². The summed E-state index contributed by atoms with van der Waals surface area (Å²) in [5.74, 6) is -0.165. The third-order valence-electron chi connectivity index (χ3n) is 3.03. The highest BCUT2D eigenvalue weighted by Crippen LogP contribution is 2.17. The third-order valence-corrected chi connectivity index (χ3v) is 3.28. The molecule has 2 aromatic carbocycles. The fourth-order valence-electron chi connectivity index (χ4n) is 1.95. The molecule has 0 radical (unpaired) electrons. The van der Waals surface area contributed by atoms with Crippen LogP contribution in [0.5, 0.6) is 0 Å². The molecule has 3 rings (SSSR count). The molecule has 4 heteroatoms. The zero-order valence-corrected chi connectivity index (χ0v) is 12.3. The molecule has 0 saturated carbocycles. The van der Waals surface area contributed by atoms with E-state index in [-0.39, 0.29) is 5.90 Å². The summed E-state index contributed by atoms with van der Waals surface area (Å²) in [5, 5.41) is 0.676. The molecule has 1 heterocycles. The highest BCUT2D eigenvalue weighted by Gasteiger charge is 2.20. The Labute approximate surface area is 133 Å². The van der Waals surface area contributed by atoms with Gasteiger partial charge in [0, 0.05) is 11.1 Å². The monoisotopic (exact) mass is 309 g/mol. The number of cyclic esters (lactones) is 1. The van der Waals surface area contributed by atoms with Crippen LogP contribution in [-0.2, 0) is 9.53 Å². The predicted molar refractivity (Wildman–Crippen MR) is 88.4 cm³/mol. The lowest BCUT2D eigenvalue weighted by Gasteiger charge is -1.94. The van der Waals surface area contributed by atoms with Gasteiger partial charge in [-0.2, -0.15) is 0 Å². The molecule has 0 atom stereocenters. The number of benzene rings is 2. The van der Waals surface area contributed by atoms with E-state index in [0.717, 1.165) is 11.1 Å². The predicted octanol–water partition coefficient (Wildman–Crippen LogP) is 4.35. The average Bonchev–Trinajstić information content (AvgIpc) is 2.88. The molecule has 0 bridgehead atoms. The molecule has 0 amide bonds. The fourth-order valence-corrected chi connectivity index (χ4v) is 2.07. The van der Waals surface area contributed by atoms with Crippen molar-refractivity contribution in [1.29, 1.82) is 0 Å². The Balaban J connectivity index is 1.78. The Morgan fingerprint density at radius 3 is 2.36 bits per heavy atom. The number of aliphatic imine (C=N–C) groups is 1. The smallest absolute Gasteiger partial charge is 0.363 e. The van der Waals surface area contributed by atoms with Crippen LogP contribution in [0.3, 0.4) is 0 Å². The first-order valence-corrected chi connectivity index (χ1v) is 7.10. The summed E-state index contributed by atoms with van der Waals surface area (Å²) in [5.41, 5.74) is 2.15. The van der Waals surface area contributed by atoms with E-state index in [1.807, 2.05) is 48.5 Å². The van der Waals surface area contributed by atoms with Gasteiger partial charge in [-0.15, -0.1) is 0 Å². The fraction of sp³-hybridized carbons (Fsp3) is 0. The molecular formula is C18H12ClNO2. The number of hydrogen-bond acceptors (Lipinski definition) is 3. The molecular weight excluding hydrogens is 298 g/mol. The van der Waals surface area contributed by atoms with Crippen molar-refractivity contribution in [2.24, 2.45) is 4.99 Å². The second-order valence-electron chi connectivity index (χ2n) is 4.66. The van der Waals surface area contributed by atoms with Crippen LogP contribution in [0, 0.1) is 0 Å². The third kappa shape index (κ3) is 3.51. The van der Waals surface area contributed by atoms with E-state index in [4.69, 9.17) is 16.3 Å². The quantitative estimate of drug-likeness (QED) is 0.624. The number of ether oxygens (including phenoxy) is 1. The lowest BCUT2D eigenvalue weighted by atomic mass is 10.2. The highest BCUT2D eigenvalue weighted by atomic mass is 35.5. The van der Waals surface area contributed by atoms with E-state index in [9.17, 15) is 4.79 Å². The lowest BCUT2D eigenvalue weighted by molar-refractivity contribution is -0.129. The van der Waals surface area contributed by atoms with E-state index in [0.29, 0.717) is 10.7 Å². The molecule has 22 heavy (non-hydrogen) atoms. The minimum Gasteiger partial charge on any atom is -0.403 e. The minimum atomic E-state index is -0.445. The molecule has 0 aliphatic carbocycles. The van der Waals surface area contributed by atoms with Crippen LogP contribution in [-0.4, -0.2) is 11.9 Å². The lowest BCUT2D eigenvalue weighted by Crippen LogP contribution is -2.01. The largest absolute Gasteiger partial charge is 0.403 e. The van der Waals surface area contributed by atoms with Crippen molar-refractivity contribution >= 4 is 35.6 Å². The first-order valence-electron chi connectivity index (χ1n) is 6.72. The highest BCUT2D eigenvalue weighted by molar-refractivity contribution is 6.30. The number of carbonyl (C=O) groups excluding carboxylic acids is 1. The van der Waals surface area contributed by atoms with Gasteiger partial charge in [-0.05, 0) is 35.4 Å². The van der Waals surface area contributed by atoms with Crippen LogP contribution in [0.4, 0.5) is 0 Å². The Morgan fingerprint density at radius 2 is 1.64 bits per heavy atom. The van der Waals surface area contributed by atoms with E-state index >= 15 is 0 Å². The summed E-state index contributed by atoms with van der Waals surface area (Å²) >= 11 is 5.83. The first kappa shape index (κ1) is 14.3. The second-order valence-corrected chi connectivity index (χ2v) is 5.10. The SMILES string of the molecule is O=C1OC(/C=C/c2ccc(Cl)cc2)=NC/1=C/c1ccccc1. The van der Waals surface area contributed by atoms with Gasteiger partial charge in [0.2, 0.25) is 5.90 Å². The van der Waals surface area contributed by atoms with Crippen LogP contribution >= 0.6 is 11.6 Å². The zero-order valence-electron chi connectivity index (χ0n) is 11.6.